The molecule has 1 fully saturated rings. The summed E-state index contributed by atoms with van der Waals surface area (Å²) in [6.45, 7) is 9.79. The van der Waals surface area contributed by atoms with Crippen LogP contribution in [-0.2, 0) is 25.9 Å². The molecule has 1 aliphatic heterocycles. The van der Waals surface area contributed by atoms with E-state index in [0.717, 1.165) is 38.3 Å². The maximum atomic E-state index is 5.42. The maximum Gasteiger partial charge on any atom is 0.141 e. The highest BCUT2D eigenvalue weighted by atomic mass is 32.1. The number of imidazole rings is 1. The number of aromatic nitrogens is 2. The van der Waals surface area contributed by atoms with Crippen LogP contribution in [0.15, 0.2) is 66.0 Å². The van der Waals surface area contributed by atoms with Crippen LogP contribution in [0, 0.1) is 0 Å². The van der Waals surface area contributed by atoms with Crippen LogP contribution < -0.4 is 0 Å². The topological polar surface area (TPSA) is 21.1 Å². The largest absolute Gasteiger partial charge is 0.326 e. The molecular formula is C31H37N3S. The molecule has 4 heteroatoms. The van der Waals surface area contributed by atoms with Crippen molar-refractivity contribution < 1.29 is 0 Å². The quantitative estimate of drug-likeness (QED) is 0.252. The van der Waals surface area contributed by atoms with Crippen LogP contribution in [0.3, 0.4) is 0 Å². The molecule has 3 nitrogen and oxygen atoms in total. The first kappa shape index (κ1) is 24.0. The third kappa shape index (κ3) is 4.74. The lowest BCUT2D eigenvalue weighted by Gasteiger charge is -2.36. The Morgan fingerprint density at radius 3 is 2.31 bits per heavy atom. The molecule has 2 aromatic carbocycles. The number of thiophene rings is 1. The van der Waals surface area contributed by atoms with E-state index in [1.165, 1.54) is 57.8 Å². The minimum absolute atomic E-state index is 0.471. The van der Waals surface area contributed by atoms with Gasteiger partial charge in [-0.25, -0.2) is 4.98 Å². The lowest BCUT2D eigenvalue weighted by Crippen LogP contribution is -2.33. The smallest absolute Gasteiger partial charge is 0.141 e. The Bertz CT molecular complexity index is 1220. The summed E-state index contributed by atoms with van der Waals surface area (Å²) < 4.78 is 2.51. The Morgan fingerprint density at radius 1 is 0.886 bits per heavy atom. The molecule has 0 bridgehead atoms. The molecule has 1 unspecified atom stereocenters. The van der Waals surface area contributed by atoms with Crippen LogP contribution >= 0.6 is 11.3 Å². The standard InChI is InChI=1S/C31H37N3S/c1-4-23-16-12-17-24(5-2)29(23)31-32-30(28-19-13-21-35-28)27(34(31)6-3)22-33-20-11-10-18-26(33)25-14-8-7-9-15-25/h7-9,12-17,19,21,26H,4-6,10-11,18,20,22H2,1-3H3. The monoisotopic (exact) mass is 483 g/mol. The van der Waals surface area contributed by atoms with Gasteiger partial charge in [-0.2, -0.15) is 0 Å². The van der Waals surface area contributed by atoms with Crippen molar-refractivity contribution in [3.63, 3.8) is 0 Å². The molecule has 0 saturated carbocycles. The summed E-state index contributed by atoms with van der Waals surface area (Å²) in [5.74, 6) is 1.15. The van der Waals surface area contributed by atoms with Crippen LogP contribution in [0.25, 0.3) is 22.0 Å². The third-order valence-corrected chi connectivity index (χ3v) is 8.39. The van der Waals surface area contributed by atoms with Crippen LogP contribution in [0.1, 0.15) is 68.5 Å². The first-order chi connectivity index (χ1) is 17.2. The zero-order valence-corrected chi connectivity index (χ0v) is 22.2. The molecule has 0 aliphatic carbocycles. The van der Waals surface area contributed by atoms with E-state index >= 15 is 0 Å². The summed E-state index contributed by atoms with van der Waals surface area (Å²) in [6.07, 6.45) is 5.83. The predicted octanol–water partition coefficient (Wildman–Crippen LogP) is 8.15. The lowest BCUT2D eigenvalue weighted by molar-refractivity contribution is 0.137. The summed E-state index contributed by atoms with van der Waals surface area (Å²) in [5.41, 5.74) is 8.11. The first-order valence-electron chi connectivity index (χ1n) is 13.3. The second-order valence-corrected chi connectivity index (χ2v) is 10.5. The third-order valence-electron chi connectivity index (χ3n) is 7.52. The Hall–Kier alpha value is -2.69. The van der Waals surface area contributed by atoms with Gasteiger partial charge < -0.3 is 4.57 Å². The van der Waals surface area contributed by atoms with Crippen molar-refractivity contribution in [3.05, 3.63) is 88.4 Å². The number of aryl methyl sites for hydroxylation is 2. The van der Waals surface area contributed by atoms with Crippen molar-refractivity contribution in [3.8, 4) is 22.0 Å². The number of benzene rings is 2. The van der Waals surface area contributed by atoms with Gasteiger partial charge in [-0.1, -0.05) is 74.9 Å². The molecule has 1 aliphatic rings. The zero-order valence-electron chi connectivity index (χ0n) is 21.3. The summed E-state index contributed by atoms with van der Waals surface area (Å²) in [5, 5.41) is 2.18. The maximum absolute atomic E-state index is 5.42. The number of nitrogens with zero attached hydrogens (tertiary/aromatic N) is 3. The Kier molecular flexibility index (Phi) is 7.50. The number of rotatable bonds is 8. The minimum Gasteiger partial charge on any atom is -0.326 e. The van der Waals surface area contributed by atoms with Crippen molar-refractivity contribution in [2.24, 2.45) is 0 Å². The van der Waals surface area contributed by atoms with Crippen molar-refractivity contribution in [2.45, 2.75) is 72.0 Å². The molecule has 0 radical (unpaired) electrons. The Labute approximate surface area is 214 Å². The molecule has 0 N–H and O–H groups in total. The van der Waals surface area contributed by atoms with E-state index in [1.54, 1.807) is 11.3 Å². The normalized spacial score (nSPS) is 16.6. The van der Waals surface area contributed by atoms with Gasteiger partial charge in [0.15, 0.2) is 0 Å². The fourth-order valence-electron chi connectivity index (χ4n) is 5.74. The van der Waals surface area contributed by atoms with Crippen LogP contribution in [0.5, 0.6) is 0 Å². The first-order valence-corrected chi connectivity index (χ1v) is 14.2. The van der Waals surface area contributed by atoms with Gasteiger partial charge in [-0.15, -0.1) is 11.3 Å². The molecule has 2 aromatic heterocycles. The van der Waals surface area contributed by atoms with Crippen molar-refractivity contribution in [1.82, 2.24) is 14.5 Å². The zero-order chi connectivity index (χ0) is 24.2. The molecule has 5 rings (SSSR count). The number of hydrogen-bond acceptors (Lipinski definition) is 3. The van der Waals surface area contributed by atoms with E-state index in [9.17, 15) is 0 Å². The summed E-state index contributed by atoms with van der Waals surface area (Å²) in [7, 11) is 0. The molecule has 182 valence electrons. The van der Waals surface area contributed by atoms with Crippen LogP contribution in [0.4, 0.5) is 0 Å². The highest BCUT2D eigenvalue weighted by molar-refractivity contribution is 7.13. The van der Waals surface area contributed by atoms with Gasteiger partial charge >= 0.3 is 0 Å². The van der Waals surface area contributed by atoms with E-state index in [-0.39, 0.29) is 0 Å². The minimum atomic E-state index is 0.471. The average molecular weight is 484 g/mol. The van der Waals surface area contributed by atoms with E-state index in [0.29, 0.717) is 6.04 Å². The highest BCUT2D eigenvalue weighted by Gasteiger charge is 2.28. The average Bonchev–Trinajstić information content (AvgIpc) is 3.57. The fourth-order valence-corrected chi connectivity index (χ4v) is 6.48. The predicted molar refractivity (Wildman–Crippen MR) is 149 cm³/mol. The molecule has 1 saturated heterocycles. The van der Waals surface area contributed by atoms with Gasteiger partial charge in [0, 0.05) is 24.7 Å². The van der Waals surface area contributed by atoms with Crippen LogP contribution in [0.2, 0.25) is 0 Å². The molecule has 35 heavy (non-hydrogen) atoms. The summed E-state index contributed by atoms with van der Waals surface area (Å²) in [4.78, 5) is 9.40. The van der Waals surface area contributed by atoms with Crippen LogP contribution in [-0.4, -0.2) is 21.0 Å². The van der Waals surface area contributed by atoms with Crippen molar-refractivity contribution in [1.29, 1.82) is 0 Å². The molecular weight excluding hydrogens is 446 g/mol. The van der Waals surface area contributed by atoms with Gasteiger partial charge in [-0.3, -0.25) is 4.90 Å². The summed E-state index contributed by atoms with van der Waals surface area (Å²) in [6, 6.07) is 22.7. The van der Waals surface area contributed by atoms with E-state index in [1.807, 2.05) is 0 Å². The van der Waals surface area contributed by atoms with E-state index in [2.05, 4.69) is 96.3 Å². The number of likely N-dealkylation sites (tertiary alicyclic amines) is 1. The van der Waals surface area contributed by atoms with Gasteiger partial charge in [0.05, 0.1) is 10.6 Å². The molecule has 4 aromatic rings. The van der Waals surface area contributed by atoms with Gasteiger partial charge in [0.1, 0.15) is 11.5 Å². The molecule has 0 spiro atoms. The Balaban J connectivity index is 1.64. The van der Waals surface area contributed by atoms with Crippen molar-refractivity contribution in [2.75, 3.05) is 6.54 Å². The SMILES string of the molecule is CCc1cccc(CC)c1-c1nc(-c2cccs2)c(CN2CCCCC2c2ccccc2)n1CC. The number of piperidine rings is 1. The van der Waals surface area contributed by atoms with Gasteiger partial charge in [0.25, 0.3) is 0 Å². The second-order valence-electron chi connectivity index (χ2n) is 9.50. The molecule has 0 amide bonds. The highest BCUT2D eigenvalue weighted by Crippen LogP contribution is 2.38. The van der Waals surface area contributed by atoms with Gasteiger partial charge in [0.2, 0.25) is 0 Å². The van der Waals surface area contributed by atoms with Crippen molar-refractivity contribution >= 4 is 11.3 Å². The number of hydrogen-bond donors (Lipinski definition) is 0. The molecule has 3 heterocycles. The summed E-state index contributed by atoms with van der Waals surface area (Å²) >= 11 is 1.80. The molecule has 1 atom stereocenters. The lowest BCUT2D eigenvalue weighted by atomic mass is 9.95. The Morgan fingerprint density at radius 2 is 1.66 bits per heavy atom. The second kappa shape index (κ2) is 10.9. The van der Waals surface area contributed by atoms with Gasteiger partial charge in [-0.05, 0) is 67.3 Å². The fraction of sp³-hybridized carbons (Fsp3) is 0.387. The van der Waals surface area contributed by atoms with E-state index < -0.39 is 0 Å². The van der Waals surface area contributed by atoms with E-state index in [4.69, 9.17) is 4.98 Å².